The van der Waals surface area contributed by atoms with E-state index in [-0.39, 0.29) is 36.6 Å². The number of fused-ring (bicyclic) bond motifs is 2. The molecule has 8 heteroatoms. The number of imide groups is 1. The molecule has 0 fully saturated rings. The normalized spacial score (nSPS) is 13.6. The monoisotopic (exact) mass is 512 g/mol. The summed E-state index contributed by atoms with van der Waals surface area (Å²) < 4.78 is 6.02. The number of aromatic nitrogens is 1. The molecule has 1 N–H and O–H groups in total. The van der Waals surface area contributed by atoms with Gasteiger partial charge in [-0.15, -0.1) is 0 Å². The second-order valence-electron chi connectivity index (χ2n) is 8.63. The van der Waals surface area contributed by atoms with E-state index in [0.717, 1.165) is 22.2 Å². The zero-order valence-corrected chi connectivity index (χ0v) is 20.7. The predicted molar refractivity (Wildman–Crippen MR) is 142 cm³/mol. The molecule has 0 bridgehead atoms. The van der Waals surface area contributed by atoms with Crippen LogP contribution in [0.5, 0.6) is 5.75 Å². The summed E-state index contributed by atoms with van der Waals surface area (Å²) in [5.74, 6) is -0.598. The number of para-hydroxylation sites is 1. The van der Waals surface area contributed by atoms with Crippen molar-refractivity contribution in [3.05, 3.63) is 107 Å². The fourth-order valence-electron chi connectivity index (χ4n) is 4.26. The lowest BCUT2D eigenvalue weighted by Crippen LogP contribution is -2.33. The maximum atomic E-state index is 12.9. The van der Waals surface area contributed by atoms with Crippen LogP contribution in [-0.2, 0) is 11.4 Å². The first-order valence-corrected chi connectivity index (χ1v) is 12.9. The molecule has 3 aromatic carbocycles. The highest BCUT2D eigenvalue weighted by Gasteiger charge is 2.36. The predicted octanol–water partition coefficient (Wildman–Crippen LogP) is 5.36. The molecule has 1 atom stereocenters. The van der Waals surface area contributed by atoms with Gasteiger partial charge in [0.2, 0.25) is 0 Å². The molecular weight excluding hydrogens is 488 g/mol. The van der Waals surface area contributed by atoms with Gasteiger partial charge in [-0.1, -0.05) is 48.5 Å². The summed E-state index contributed by atoms with van der Waals surface area (Å²) in [6.45, 7) is 0.413. The number of pyridine rings is 1. The number of nitrogens with zero attached hydrogens (tertiary/aromatic N) is 2. The Bertz CT molecular complexity index is 1450. The number of thioether (sulfide) groups is 1. The number of carbonyl (C=O) groups is 3. The molecule has 1 aliphatic heterocycles. The van der Waals surface area contributed by atoms with Crippen LogP contribution < -0.4 is 4.74 Å². The van der Waals surface area contributed by atoms with E-state index in [1.807, 2.05) is 60.7 Å². The molecule has 1 aromatic heterocycles. The van der Waals surface area contributed by atoms with Gasteiger partial charge in [0.1, 0.15) is 12.4 Å². The molecular formula is C29H24N2O5S. The van der Waals surface area contributed by atoms with Crippen LogP contribution in [0, 0.1) is 0 Å². The highest BCUT2D eigenvalue weighted by Crippen LogP contribution is 2.35. The standard InChI is InChI=1S/C29H24N2O5S/c32-27(33)14-15-37-26(17-31-28(34)23-9-2-3-10-24(23)29(31)35)20-7-5-8-22(16-20)36-18-21-13-12-19-6-1-4-11-25(19)30-21/h1-13,16,26H,14-15,17-18H2,(H,32,33). The minimum atomic E-state index is -0.896. The highest BCUT2D eigenvalue weighted by molar-refractivity contribution is 7.99. The Morgan fingerprint density at radius 1 is 0.919 bits per heavy atom. The summed E-state index contributed by atoms with van der Waals surface area (Å²) in [7, 11) is 0. The zero-order valence-electron chi connectivity index (χ0n) is 19.9. The van der Waals surface area contributed by atoms with Crippen LogP contribution in [0.4, 0.5) is 0 Å². The van der Waals surface area contributed by atoms with Gasteiger partial charge in [0.25, 0.3) is 11.8 Å². The van der Waals surface area contributed by atoms with Crippen molar-refractivity contribution in [3.8, 4) is 5.75 Å². The Balaban J connectivity index is 1.33. The molecule has 0 radical (unpaired) electrons. The molecule has 186 valence electrons. The number of carboxylic acid groups (broad SMARTS) is 1. The summed E-state index contributed by atoms with van der Waals surface area (Å²) >= 11 is 1.40. The van der Waals surface area contributed by atoms with Gasteiger partial charge >= 0.3 is 5.97 Å². The van der Waals surface area contributed by atoms with Crippen molar-refractivity contribution in [2.24, 2.45) is 0 Å². The van der Waals surface area contributed by atoms with Crippen LogP contribution in [0.1, 0.15) is 43.6 Å². The Morgan fingerprint density at radius 3 is 2.41 bits per heavy atom. The molecule has 37 heavy (non-hydrogen) atoms. The maximum Gasteiger partial charge on any atom is 0.304 e. The van der Waals surface area contributed by atoms with E-state index in [9.17, 15) is 14.4 Å². The van der Waals surface area contributed by atoms with Gasteiger partial charge in [-0.2, -0.15) is 11.8 Å². The molecule has 0 spiro atoms. The van der Waals surface area contributed by atoms with Gasteiger partial charge in [0.05, 0.1) is 28.8 Å². The zero-order chi connectivity index (χ0) is 25.8. The van der Waals surface area contributed by atoms with Crippen LogP contribution >= 0.6 is 11.8 Å². The van der Waals surface area contributed by atoms with Crippen LogP contribution in [-0.4, -0.2) is 45.1 Å². The molecule has 5 rings (SSSR count). The minimum absolute atomic E-state index is 0.0207. The number of carbonyl (C=O) groups excluding carboxylic acids is 2. The molecule has 4 aromatic rings. The van der Waals surface area contributed by atoms with Crippen LogP contribution in [0.25, 0.3) is 10.9 Å². The summed E-state index contributed by atoms with van der Waals surface area (Å²) in [4.78, 5) is 42.9. The molecule has 1 unspecified atom stereocenters. The van der Waals surface area contributed by atoms with Gasteiger partial charge in [-0.25, -0.2) is 4.98 Å². The van der Waals surface area contributed by atoms with E-state index in [0.29, 0.717) is 22.6 Å². The van der Waals surface area contributed by atoms with Gasteiger partial charge in [0.15, 0.2) is 0 Å². The average molecular weight is 513 g/mol. The minimum Gasteiger partial charge on any atom is -0.487 e. The van der Waals surface area contributed by atoms with E-state index < -0.39 is 5.97 Å². The van der Waals surface area contributed by atoms with E-state index in [1.54, 1.807) is 24.3 Å². The first-order valence-electron chi connectivity index (χ1n) is 11.9. The number of aliphatic carboxylic acids is 1. The first-order chi connectivity index (χ1) is 18.0. The number of benzene rings is 3. The average Bonchev–Trinajstić information content (AvgIpc) is 3.16. The third-order valence-electron chi connectivity index (χ3n) is 6.13. The molecule has 0 aliphatic carbocycles. The van der Waals surface area contributed by atoms with Gasteiger partial charge in [0, 0.05) is 22.9 Å². The summed E-state index contributed by atoms with van der Waals surface area (Å²) in [6.07, 6.45) is -0.0207. The van der Waals surface area contributed by atoms with E-state index in [2.05, 4.69) is 4.98 Å². The van der Waals surface area contributed by atoms with Crippen LogP contribution in [0.2, 0.25) is 0 Å². The number of amides is 2. The third kappa shape index (κ3) is 5.49. The quantitative estimate of drug-likeness (QED) is 0.286. The molecule has 0 saturated carbocycles. The summed E-state index contributed by atoms with van der Waals surface area (Å²) in [5.41, 5.74) is 3.31. The Kier molecular flexibility index (Phi) is 7.18. The lowest BCUT2D eigenvalue weighted by Gasteiger charge is -2.23. The smallest absolute Gasteiger partial charge is 0.304 e. The van der Waals surface area contributed by atoms with Gasteiger partial charge in [-0.05, 0) is 42.0 Å². The molecule has 2 amide bonds. The third-order valence-corrected chi connectivity index (χ3v) is 7.40. The van der Waals surface area contributed by atoms with Crippen LogP contribution in [0.15, 0.2) is 84.9 Å². The second kappa shape index (κ2) is 10.8. The number of carboxylic acids is 1. The fourth-order valence-corrected chi connectivity index (χ4v) is 5.43. The topological polar surface area (TPSA) is 96.8 Å². The number of hydrogen-bond donors (Lipinski definition) is 1. The maximum absolute atomic E-state index is 12.9. The Hall–Kier alpha value is -4.17. The first kappa shape index (κ1) is 24.5. The van der Waals surface area contributed by atoms with Crippen LogP contribution in [0.3, 0.4) is 0 Å². The van der Waals surface area contributed by atoms with Gasteiger partial charge in [-0.3, -0.25) is 19.3 Å². The van der Waals surface area contributed by atoms with Gasteiger partial charge < -0.3 is 9.84 Å². The Labute approximate surface area is 218 Å². The summed E-state index contributed by atoms with van der Waals surface area (Å²) in [5, 5.41) is 9.86. The molecule has 0 saturated heterocycles. The van der Waals surface area contributed by atoms with Crippen molar-refractivity contribution < 1.29 is 24.2 Å². The van der Waals surface area contributed by atoms with Crippen molar-refractivity contribution >= 4 is 40.4 Å². The number of ether oxygens (including phenoxy) is 1. The highest BCUT2D eigenvalue weighted by atomic mass is 32.2. The van der Waals surface area contributed by atoms with Crippen molar-refractivity contribution in [2.45, 2.75) is 18.3 Å². The lowest BCUT2D eigenvalue weighted by molar-refractivity contribution is -0.136. The van der Waals surface area contributed by atoms with Crippen molar-refractivity contribution in [1.29, 1.82) is 0 Å². The fraction of sp³-hybridized carbons (Fsp3) is 0.172. The van der Waals surface area contributed by atoms with Crippen molar-refractivity contribution in [1.82, 2.24) is 9.88 Å². The molecule has 2 heterocycles. The van der Waals surface area contributed by atoms with E-state index in [1.165, 1.54) is 16.7 Å². The lowest BCUT2D eigenvalue weighted by atomic mass is 10.1. The number of rotatable bonds is 10. The van der Waals surface area contributed by atoms with Crippen molar-refractivity contribution in [2.75, 3.05) is 12.3 Å². The molecule has 1 aliphatic rings. The number of hydrogen-bond acceptors (Lipinski definition) is 6. The Morgan fingerprint density at radius 2 is 1.65 bits per heavy atom. The summed E-state index contributed by atoms with van der Waals surface area (Å²) in [6, 6.07) is 26.0. The van der Waals surface area contributed by atoms with E-state index in [4.69, 9.17) is 9.84 Å². The molecule has 7 nitrogen and oxygen atoms in total. The second-order valence-corrected chi connectivity index (χ2v) is 9.94. The largest absolute Gasteiger partial charge is 0.487 e. The van der Waals surface area contributed by atoms with Crippen molar-refractivity contribution in [3.63, 3.8) is 0 Å². The SMILES string of the molecule is O=C(O)CCSC(CN1C(=O)c2ccccc2C1=O)c1cccc(OCc2ccc3ccccc3n2)c1. The van der Waals surface area contributed by atoms with E-state index >= 15 is 0 Å².